The Bertz CT molecular complexity index is 911. The Morgan fingerprint density at radius 1 is 0.821 bits per heavy atom. The molecule has 0 spiro atoms. The van der Waals surface area contributed by atoms with Gasteiger partial charge in [0.25, 0.3) is 0 Å². The molecule has 3 aromatic rings. The molecule has 0 unspecified atom stereocenters. The summed E-state index contributed by atoms with van der Waals surface area (Å²) in [4.78, 5) is 7.11. The second-order valence-corrected chi connectivity index (χ2v) is 7.26. The van der Waals surface area contributed by atoms with Gasteiger partial charge in [0.1, 0.15) is 0 Å². The quantitative estimate of drug-likeness (QED) is 0.496. The average molecular weight is 391 g/mol. The highest BCUT2D eigenvalue weighted by molar-refractivity contribution is 5.85. The van der Waals surface area contributed by atoms with Gasteiger partial charge in [0.2, 0.25) is 0 Å². The van der Waals surface area contributed by atoms with Gasteiger partial charge in [0.15, 0.2) is 0 Å². The van der Waals surface area contributed by atoms with Crippen LogP contribution in [0, 0.1) is 6.92 Å². The van der Waals surface area contributed by atoms with Crippen LogP contribution < -0.4 is 4.90 Å². The van der Waals surface area contributed by atoms with Crippen LogP contribution in [0.1, 0.15) is 36.1 Å². The number of aryl methyl sites for hydroxylation is 1. The van der Waals surface area contributed by atoms with Gasteiger partial charge in [-0.05, 0) is 60.6 Å². The molecular formula is C25H27ClN2. The van der Waals surface area contributed by atoms with Crippen LogP contribution >= 0.6 is 12.4 Å². The van der Waals surface area contributed by atoms with Crippen molar-refractivity contribution in [1.82, 2.24) is 4.98 Å². The molecule has 0 N–H and O–H groups in total. The van der Waals surface area contributed by atoms with Gasteiger partial charge in [-0.25, -0.2) is 0 Å². The Balaban J connectivity index is 0.00000225. The van der Waals surface area contributed by atoms with Crippen molar-refractivity contribution in [1.29, 1.82) is 0 Å². The number of hydrogen-bond donors (Lipinski definition) is 0. The minimum Gasteiger partial charge on any atom is -0.371 e. The minimum absolute atomic E-state index is 0. The fourth-order valence-corrected chi connectivity index (χ4v) is 3.69. The lowest BCUT2D eigenvalue weighted by molar-refractivity contribution is 0.577. The van der Waals surface area contributed by atoms with Crippen LogP contribution in [0.15, 0.2) is 66.9 Å². The maximum Gasteiger partial charge on any atom is 0.0650 e. The third kappa shape index (κ3) is 4.82. The molecule has 4 rings (SSSR count). The van der Waals surface area contributed by atoms with Crippen LogP contribution in [-0.2, 0) is 0 Å². The predicted octanol–water partition coefficient (Wildman–Crippen LogP) is 6.64. The largest absolute Gasteiger partial charge is 0.371 e. The molecule has 3 heteroatoms. The van der Waals surface area contributed by atoms with E-state index in [4.69, 9.17) is 0 Å². The summed E-state index contributed by atoms with van der Waals surface area (Å²) in [7, 11) is 0. The highest BCUT2D eigenvalue weighted by Gasteiger charge is 2.13. The molecule has 0 saturated carbocycles. The van der Waals surface area contributed by atoms with Gasteiger partial charge in [-0.15, -0.1) is 12.4 Å². The van der Waals surface area contributed by atoms with Crippen LogP contribution in [0.2, 0.25) is 0 Å². The monoisotopic (exact) mass is 390 g/mol. The van der Waals surface area contributed by atoms with E-state index in [2.05, 4.69) is 83.6 Å². The van der Waals surface area contributed by atoms with E-state index in [-0.39, 0.29) is 12.4 Å². The smallest absolute Gasteiger partial charge is 0.0650 e. The fourth-order valence-electron chi connectivity index (χ4n) is 3.69. The normalized spacial score (nSPS) is 14.1. The van der Waals surface area contributed by atoms with E-state index < -0.39 is 0 Å². The molecule has 1 aliphatic heterocycles. The minimum atomic E-state index is 0. The molecule has 1 aliphatic rings. The number of hydrogen-bond acceptors (Lipinski definition) is 2. The number of aromatic nitrogens is 1. The number of anilines is 1. The lowest BCUT2D eigenvalue weighted by Crippen LogP contribution is -2.30. The van der Waals surface area contributed by atoms with E-state index in [1.807, 2.05) is 12.3 Å². The SMILES string of the molecule is Cc1cnc(/C=C/c2ccc(-c3ccccc3)cc2)cc1N1CCCCC1.Cl. The number of rotatable bonds is 4. The van der Waals surface area contributed by atoms with Crippen LogP contribution in [0.4, 0.5) is 5.69 Å². The summed E-state index contributed by atoms with van der Waals surface area (Å²) in [5, 5.41) is 0. The van der Waals surface area contributed by atoms with Crippen molar-refractivity contribution >= 4 is 30.2 Å². The van der Waals surface area contributed by atoms with Gasteiger partial charge in [-0.1, -0.05) is 60.7 Å². The second kappa shape index (κ2) is 9.57. The highest BCUT2D eigenvalue weighted by Crippen LogP contribution is 2.25. The Morgan fingerprint density at radius 2 is 1.50 bits per heavy atom. The molecule has 0 bridgehead atoms. The predicted molar refractivity (Wildman–Crippen MR) is 123 cm³/mol. The Hall–Kier alpha value is -2.58. The number of benzene rings is 2. The molecule has 0 aliphatic carbocycles. The zero-order chi connectivity index (χ0) is 18.5. The molecule has 1 saturated heterocycles. The summed E-state index contributed by atoms with van der Waals surface area (Å²) in [5.41, 5.74) is 7.31. The molecule has 2 heterocycles. The first-order valence-electron chi connectivity index (χ1n) is 9.85. The third-order valence-electron chi connectivity index (χ3n) is 5.26. The molecule has 2 aromatic carbocycles. The van der Waals surface area contributed by atoms with Gasteiger partial charge in [-0.3, -0.25) is 4.98 Å². The number of piperidine rings is 1. The van der Waals surface area contributed by atoms with E-state index >= 15 is 0 Å². The summed E-state index contributed by atoms with van der Waals surface area (Å²) < 4.78 is 0. The van der Waals surface area contributed by atoms with Gasteiger partial charge in [-0.2, -0.15) is 0 Å². The van der Waals surface area contributed by atoms with Crippen molar-refractivity contribution in [2.75, 3.05) is 18.0 Å². The molecule has 2 nitrogen and oxygen atoms in total. The third-order valence-corrected chi connectivity index (χ3v) is 5.26. The second-order valence-electron chi connectivity index (χ2n) is 7.26. The molecule has 0 atom stereocenters. The van der Waals surface area contributed by atoms with Crippen molar-refractivity contribution in [3.8, 4) is 11.1 Å². The maximum absolute atomic E-state index is 4.60. The molecule has 0 amide bonds. The summed E-state index contributed by atoms with van der Waals surface area (Å²) in [6.45, 7) is 4.48. The Labute approximate surface area is 174 Å². The van der Waals surface area contributed by atoms with Crippen LogP contribution in [0.5, 0.6) is 0 Å². The van der Waals surface area contributed by atoms with Crippen molar-refractivity contribution in [3.63, 3.8) is 0 Å². The van der Waals surface area contributed by atoms with E-state index in [1.165, 1.54) is 47.2 Å². The summed E-state index contributed by atoms with van der Waals surface area (Å²) in [6, 6.07) is 21.4. The lowest BCUT2D eigenvalue weighted by atomic mass is 10.0. The van der Waals surface area contributed by atoms with E-state index in [9.17, 15) is 0 Å². The summed E-state index contributed by atoms with van der Waals surface area (Å²) in [6.07, 6.45) is 10.2. The molecule has 0 radical (unpaired) electrons. The molecule has 144 valence electrons. The first kappa shape index (κ1) is 20.2. The van der Waals surface area contributed by atoms with Gasteiger partial charge in [0.05, 0.1) is 5.69 Å². The zero-order valence-corrected chi connectivity index (χ0v) is 17.2. The lowest BCUT2D eigenvalue weighted by Gasteiger charge is -2.30. The van der Waals surface area contributed by atoms with Crippen molar-refractivity contribution in [2.45, 2.75) is 26.2 Å². The Kier molecular flexibility index (Phi) is 6.89. The molecular weight excluding hydrogens is 364 g/mol. The standard InChI is InChI=1S/C25H26N2.ClH/c1-20-19-26-24(18-25(20)27-16-6-3-7-17-27)15-12-21-10-13-23(14-11-21)22-8-4-2-5-9-22;/h2,4-5,8-15,18-19H,3,6-7,16-17H2,1H3;1H/b15-12+;. The molecule has 28 heavy (non-hydrogen) atoms. The molecule has 1 aromatic heterocycles. The van der Waals surface area contributed by atoms with Gasteiger partial charge in [0, 0.05) is 25.0 Å². The first-order chi connectivity index (χ1) is 13.3. The van der Waals surface area contributed by atoms with Crippen LogP contribution in [0.25, 0.3) is 23.3 Å². The average Bonchev–Trinajstić information content (AvgIpc) is 2.75. The van der Waals surface area contributed by atoms with Crippen LogP contribution in [-0.4, -0.2) is 18.1 Å². The van der Waals surface area contributed by atoms with E-state index in [0.717, 1.165) is 18.8 Å². The summed E-state index contributed by atoms with van der Waals surface area (Å²) >= 11 is 0. The fraction of sp³-hybridized carbons (Fsp3) is 0.240. The van der Waals surface area contributed by atoms with Gasteiger partial charge < -0.3 is 4.90 Å². The maximum atomic E-state index is 4.60. The van der Waals surface area contributed by atoms with Crippen molar-refractivity contribution < 1.29 is 0 Å². The van der Waals surface area contributed by atoms with Crippen molar-refractivity contribution in [2.24, 2.45) is 0 Å². The van der Waals surface area contributed by atoms with E-state index in [1.54, 1.807) is 0 Å². The number of pyridine rings is 1. The summed E-state index contributed by atoms with van der Waals surface area (Å²) in [5.74, 6) is 0. The van der Waals surface area contributed by atoms with Gasteiger partial charge >= 0.3 is 0 Å². The number of halogens is 1. The molecule has 1 fully saturated rings. The topological polar surface area (TPSA) is 16.1 Å². The highest BCUT2D eigenvalue weighted by atomic mass is 35.5. The number of nitrogens with zero attached hydrogens (tertiary/aromatic N) is 2. The first-order valence-corrected chi connectivity index (χ1v) is 9.85. The van der Waals surface area contributed by atoms with E-state index in [0.29, 0.717) is 0 Å². The Morgan fingerprint density at radius 3 is 2.21 bits per heavy atom. The van der Waals surface area contributed by atoms with Crippen molar-refractivity contribution in [3.05, 3.63) is 83.7 Å². The zero-order valence-electron chi connectivity index (χ0n) is 16.3. The van der Waals surface area contributed by atoms with Crippen LogP contribution in [0.3, 0.4) is 0 Å².